The van der Waals surface area contributed by atoms with Crippen LogP contribution >= 0.6 is 31.9 Å². The monoisotopic (exact) mass is 586 g/mol. The second kappa shape index (κ2) is 11.9. The zero-order valence-corrected chi connectivity index (χ0v) is 22.1. The Labute approximate surface area is 215 Å². The van der Waals surface area contributed by atoms with Gasteiger partial charge in [-0.3, -0.25) is 4.79 Å². The largest absolute Gasteiger partial charge is 0.483 e. The van der Waals surface area contributed by atoms with Gasteiger partial charge in [-0.05, 0) is 70.2 Å². The first-order chi connectivity index (χ1) is 16.2. The number of halogens is 2. The highest BCUT2D eigenvalue weighted by Gasteiger charge is 2.15. The van der Waals surface area contributed by atoms with Gasteiger partial charge in [0.2, 0.25) is 0 Å². The van der Waals surface area contributed by atoms with Gasteiger partial charge in [0.1, 0.15) is 5.75 Å². The summed E-state index contributed by atoms with van der Waals surface area (Å²) in [6, 6.07) is 18.1. The minimum absolute atomic E-state index is 0.182. The van der Waals surface area contributed by atoms with E-state index in [1.165, 1.54) is 6.21 Å². The number of benzene rings is 3. The summed E-state index contributed by atoms with van der Waals surface area (Å²) in [5, 5.41) is 4.01. The van der Waals surface area contributed by atoms with Gasteiger partial charge in [0.25, 0.3) is 5.91 Å². The summed E-state index contributed by atoms with van der Waals surface area (Å²) in [6.07, 6.45) is 1.41. The third-order valence-electron chi connectivity index (χ3n) is 4.78. The number of ether oxygens (including phenoxy) is 2. The molecule has 0 aromatic heterocycles. The Morgan fingerprint density at radius 1 is 1.06 bits per heavy atom. The fourth-order valence-electron chi connectivity index (χ4n) is 3.10. The van der Waals surface area contributed by atoms with Crippen molar-refractivity contribution >= 4 is 50.0 Å². The van der Waals surface area contributed by atoms with Crippen LogP contribution in [0.3, 0.4) is 0 Å². The molecule has 0 aliphatic carbocycles. The minimum atomic E-state index is -0.505. The van der Waals surface area contributed by atoms with Crippen LogP contribution in [0.25, 0.3) is 0 Å². The third kappa shape index (κ3) is 7.01. The molecule has 0 aliphatic rings. The molecule has 3 rings (SSSR count). The molecule has 34 heavy (non-hydrogen) atoms. The van der Waals surface area contributed by atoms with Crippen molar-refractivity contribution in [2.45, 2.75) is 26.7 Å². The molecule has 1 N–H and O–H groups in total. The van der Waals surface area contributed by atoms with Crippen molar-refractivity contribution in [3.63, 3.8) is 0 Å². The van der Waals surface area contributed by atoms with Gasteiger partial charge in [-0.25, -0.2) is 10.2 Å². The summed E-state index contributed by atoms with van der Waals surface area (Å²) in [5.41, 5.74) is 5.45. The summed E-state index contributed by atoms with van der Waals surface area (Å²) in [4.78, 5) is 24.8. The third-order valence-corrected chi connectivity index (χ3v) is 5.83. The van der Waals surface area contributed by atoms with Gasteiger partial charge < -0.3 is 9.47 Å². The molecule has 0 heterocycles. The van der Waals surface area contributed by atoms with Crippen molar-refractivity contribution in [1.82, 2.24) is 5.43 Å². The van der Waals surface area contributed by atoms with E-state index in [0.717, 1.165) is 15.6 Å². The van der Waals surface area contributed by atoms with Crippen molar-refractivity contribution in [1.29, 1.82) is 0 Å². The first-order valence-electron chi connectivity index (χ1n) is 10.6. The molecule has 0 saturated heterocycles. The van der Waals surface area contributed by atoms with Gasteiger partial charge in [-0.2, -0.15) is 5.10 Å². The second-order valence-electron chi connectivity index (χ2n) is 7.84. The molecule has 0 radical (unpaired) electrons. The molecule has 0 fully saturated rings. The number of hydrogen-bond acceptors (Lipinski definition) is 5. The first-order valence-corrected chi connectivity index (χ1v) is 12.1. The van der Waals surface area contributed by atoms with Gasteiger partial charge in [-0.1, -0.05) is 60.1 Å². The lowest BCUT2D eigenvalue weighted by Gasteiger charge is -2.14. The number of carbonyl (C=O) groups excluding carboxylic acids is 2. The number of hydrazone groups is 1. The van der Waals surface area contributed by atoms with Crippen molar-refractivity contribution < 1.29 is 19.1 Å². The number of aryl methyl sites for hydroxylation is 1. The standard InChI is InChI=1S/C26H24Br2N2O4/c1-16(2)21-10-9-17(3)11-23(21)33-15-24(31)30-29-14-19-12-20(27)13-22(28)25(19)34-26(32)18-7-5-4-6-8-18/h4-14,16H,15H2,1-3H3,(H,30,31). The van der Waals surface area contributed by atoms with Crippen LogP contribution in [0.15, 0.2) is 74.7 Å². The van der Waals surface area contributed by atoms with Gasteiger partial charge in [-0.15, -0.1) is 0 Å². The van der Waals surface area contributed by atoms with Crippen molar-refractivity contribution in [2.24, 2.45) is 5.10 Å². The second-order valence-corrected chi connectivity index (χ2v) is 9.61. The normalized spacial score (nSPS) is 11.0. The Bertz CT molecular complexity index is 1210. The lowest BCUT2D eigenvalue weighted by atomic mass is 10.0. The minimum Gasteiger partial charge on any atom is -0.483 e. The van der Waals surface area contributed by atoms with E-state index >= 15 is 0 Å². The van der Waals surface area contributed by atoms with Crippen LogP contribution < -0.4 is 14.9 Å². The maximum Gasteiger partial charge on any atom is 0.343 e. The fraction of sp³-hybridized carbons (Fsp3) is 0.192. The number of amides is 1. The molecule has 8 heteroatoms. The zero-order chi connectivity index (χ0) is 24.7. The molecule has 176 valence electrons. The molecule has 1 amide bonds. The molecule has 6 nitrogen and oxygen atoms in total. The topological polar surface area (TPSA) is 77.0 Å². The summed E-state index contributed by atoms with van der Waals surface area (Å²) >= 11 is 6.83. The molecule has 0 unspecified atom stereocenters. The molecule has 0 bridgehead atoms. The van der Waals surface area contributed by atoms with Gasteiger partial charge in [0.05, 0.1) is 16.3 Å². The van der Waals surface area contributed by atoms with Crippen LogP contribution in [-0.2, 0) is 4.79 Å². The number of rotatable bonds is 8. The SMILES string of the molecule is Cc1ccc(C(C)C)c(OCC(=O)NN=Cc2cc(Br)cc(Br)c2OC(=O)c2ccccc2)c1. The summed E-state index contributed by atoms with van der Waals surface area (Å²) in [7, 11) is 0. The molecule has 3 aromatic rings. The molecular formula is C26H24Br2N2O4. The lowest BCUT2D eigenvalue weighted by Crippen LogP contribution is -2.25. The predicted octanol–water partition coefficient (Wildman–Crippen LogP) is 6.39. The van der Waals surface area contributed by atoms with E-state index in [4.69, 9.17) is 9.47 Å². The molecule has 0 saturated carbocycles. The highest BCUT2D eigenvalue weighted by molar-refractivity contribution is 9.11. The number of nitrogens with one attached hydrogen (secondary N) is 1. The van der Waals surface area contributed by atoms with Crippen LogP contribution in [-0.4, -0.2) is 24.7 Å². The zero-order valence-electron chi connectivity index (χ0n) is 19.0. The number of nitrogens with zero attached hydrogens (tertiary/aromatic N) is 1. The van der Waals surface area contributed by atoms with Crippen LogP contribution in [0, 0.1) is 6.92 Å². The van der Waals surface area contributed by atoms with Crippen molar-refractivity contribution in [3.8, 4) is 11.5 Å². The average Bonchev–Trinajstić information content (AvgIpc) is 2.80. The Kier molecular flexibility index (Phi) is 9.01. The number of carbonyl (C=O) groups is 2. The van der Waals surface area contributed by atoms with Crippen LogP contribution in [0.4, 0.5) is 0 Å². The summed E-state index contributed by atoms with van der Waals surface area (Å²) < 4.78 is 12.6. The maximum atomic E-state index is 12.5. The Morgan fingerprint density at radius 3 is 2.50 bits per heavy atom. The smallest absolute Gasteiger partial charge is 0.343 e. The molecular weight excluding hydrogens is 564 g/mol. The number of esters is 1. The van der Waals surface area contributed by atoms with Crippen molar-refractivity contribution in [2.75, 3.05) is 6.61 Å². The maximum absolute atomic E-state index is 12.5. The first kappa shape index (κ1) is 25.6. The Morgan fingerprint density at radius 2 is 1.79 bits per heavy atom. The molecule has 3 aromatic carbocycles. The Hall–Kier alpha value is -2.97. The lowest BCUT2D eigenvalue weighted by molar-refractivity contribution is -0.123. The van der Waals surface area contributed by atoms with E-state index in [1.54, 1.807) is 36.4 Å². The summed E-state index contributed by atoms with van der Waals surface area (Å²) in [6.45, 7) is 5.93. The molecule has 0 aliphatic heterocycles. The van der Waals surface area contributed by atoms with E-state index in [-0.39, 0.29) is 18.3 Å². The van der Waals surface area contributed by atoms with E-state index in [2.05, 4.69) is 56.2 Å². The quantitative estimate of drug-likeness (QED) is 0.143. The van der Waals surface area contributed by atoms with Gasteiger partial charge in [0, 0.05) is 10.0 Å². The van der Waals surface area contributed by atoms with E-state index in [9.17, 15) is 9.59 Å². The van der Waals surface area contributed by atoms with E-state index in [1.807, 2.05) is 31.2 Å². The van der Waals surface area contributed by atoms with Gasteiger partial charge in [0.15, 0.2) is 12.4 Å². The van der Waals surface area contributed by atoms with Crippen LogP contribution in [0.2, 0.25) is 0 Å². The highest BCUT2D eigenvalue weighted by atomic mass is 79.9. The molecule has 0 spiro atoms. The predicted molar refractivity (Wildman–Crippen MR) is 140 cm³/mol. The van der Waals surface area contributed by atoms with E-state index < -0.39 is 11.9 Å². The van der Waals surface area contributed by atoms with E-state index in [0.29, 0.717) is 21.3 Å². The van der Waals surface area contributed by atoms with Crippen LogP contribution in [0.1, 0.15) is 46.8 Å². The fourth-order valence-corrected chi connectivity index (χ4v) is 4.44. The van der Waals surface area contributed by atoms with Crippen molar-refractivity contribution in [3.05, 3.63) is 91.9 Å². The average molecular weight is 588 g/mol. The molecule has 0 atom stereocenters. The van der Waals surface area contributed by atoms with Crippen LogP contribution in [0.5, 0.6) is 11.5 Å². The number of hydrogen-bond donors (Lipinski definition) is 1. The van der Waals surface area contributed by atoms with Gasteiger partial charge >= 0.3 is 5.97 Å². The summed E-state index contributed by atoms with van der Waals surface area (Å²) in [5.74, 6) is 0.315. The Balaban J connectivity index is 1.68. The highest BCUT2D eigenvalue weighted by Crippen LogP contribution is 2.33.